The number of aliphatic hydroxyl groups excluding tert-OH is 1. The second kappa shape index (κ2) is 4.96. The maximum atomic E-state index is 12.0. The van der Waals surface area contributed by atoms with E-state index >= 15 is 0 Å². The summed E-state index contributed by atoms with van der Waals surface area (Å²) >= 11 is 0. The van der Waals surface area contributed by atoms with Crippen molar-refractivity contribution in [3.05, 3.63) is 0 Å². The highest BCUT2D eigenvalue weighted by molar-refractivity contribution is 5.95. The van der Waals surface area contributed by atoms with Gasteiger partial charge in [-0.25, -0.2) is 0 Å². The summed E-state index contributed by atoms with van der Waals surface area (Å²) in [6, 6.07) is 0. The SMILES string of the molecule is COC(=O)C(C(=O)OC)C(O)C(F)(F)F. The molecule has 0 rings (SSSR count). The van der Waals surface area contributed by atoms with Crippen LogP contribution in [0.4, 0.5) is 13.2 Å². The molecule has 1 unspecified atom stereocenters. The predicted molar refractivity (Wildman–Crippen MR) is 39.6 cm³/mol. The van der Waals surface area contributed by atoms with Gasteiger partial charge in [0.2, 0.25) is 0 Å². The zero-order valence-electron chi connectivity index (χ0n) is 7.87. The van der Waals surface area contributed by atoms with Crippen LogP contribution in [0.2, 0.25) is 0 Å². The number of ether oxygens (including phenoxy) is 2. The van der Waals surface area contributed by atoms with E-state index in [1.54, 1.807) is 0 Å². The van der Waals surface area contributed by atoms with Crippen molar-refractivity contribution >= 4 is 11.9 Å². The van der Waals surface area contributed by atoms with Gasteiger partial charge >= 0.3 is 18.1 Å². The highest BCUT2D eigenvalue weighted by Crippen LogP contribution is 2.27. The van der Waals surface area contributed by atoms with E-state index in [2.05, 4.69) is 9.47 Å². The minimum Gasteiger partial charge on any atom is -0.468 e. The molecule has 15 heavy (non-hydrogen) atoms. The van der Waals surface area contributed by atoms with Crippen LogP contribution in [0.1, 0.15) is 0 Å². The fourth-order valence-corrected chi connectivity index (χ4v) is 0.797. The minimum absolute atomic E-state index is 0.793. The molecule has 0 aliphatic rings. The van der Waals surface area contributed by atoms with Gasteiger partial charge in [-0.1, -0.05) is 0 Å². The smallest absolute Gasteiger partial charge is 0.415 e. The zero-order valence-corrected chi connectivity index (χ0v) is 7.87. The molecular formula is C7H9F3O5. The number of hydrogen-bond acceptors (Lipinski definition) is 5. The van der Waals surface area contributed by atoms with E-state index in [-0.39, 0.29) is 0 Å². The first-order valence-electron chi connectivity index (χ1n) is 3.66. The van der Waals surface area contributed by atoms with Crippen molar-refractivity contribution in [2.45, 2.75) is 12.3 Å². The molecule has 0 amide bonds. The molecule has 0 saturated heterocycles. The lowest BCUT2D eigenvalue weighted by atomic mass is 10.0. The number of hydrogen-bond donors (Lipinski definition) is 1. The first kappa shape index (κ1) is 13.7. The summed E-state index contributed by atoms with van der Waals surface area (Å²) < 4.78 is 44.0. The van der Waals surface area contributed by atoms with Gasteiger partial charge in [-0.05, 0) is 0 Å². The van der Waals surface area contributed by atoms with Crippen LogP contribution in [-0.4, -0.2) is 43.5 Å². The summed E-state index contributed by atoms with van der Waals surface area (Å²) in [7, 11) is 1.59. The summed E-state index contributed by atoms with van der Waals surface area (Å²) in [4.78, 5) is 21.6. The Morgan fingerprint density at radius 1 is 1.13 bits per heavy atom. The number of rotatable bonds is 3. The molecule has 0 spiro atoms. The summed E-state index contributed by atoms with van der Waals surface area (Å²) in [5, 5.41) is 8.72. The van der Waals surface area contributed by atoms with Crippen molar-refractivity contribution in [2.24, 2.45) is 5.92 Å². The molecule has 1 N–H and O–H groups in total. The Bertz CT molecular complexity index is 234. The van der Waals surface area contributed by atoms with Crippen molar-refractivity contribution in [2.75, 3.05) is 14.2 Å². The van der Waals surface area contributed by atoms with E-state index in [0.29, 0.717) is 0 Å². The van der Waals surface area contributed by atoms with Crippen LogP contribution in [-0.2, 0) is 19.1 Å². The van der Waals surface area contributed by atoms with E-state index in [1.807, 2.05) is 0 Å². The summed E-state index contributed by atoms with van der Waals surface area (Å²) in [6.45, 7) is 0. The highest BCUT2D eigenvalue weighted by atomic mass is 19.4. The van der Waals surface area contributed by atoms with Gasteiger partial charge < -0.3 is 14.6 Å². The second-order valence-corrected chi connectivity index (χ2v) is 2.51. The molecule has 8 heteroatoms. The molecule has 0 aromatic heterocycles. The van der Waals surface area contributed by atoms with E-state index in [9.17, 15) is 22.8 Å². The van der Waals surface area contributed by atoms with Gasteiger partial charge in [-0.2, -0.15) is 13.2 Å². The van der Waals surface area contributed by atoms with Gasteiger partial charge in [0.1, 0.15) is 0 Å². The van der Waals surface area contributed by atoms with Crippen molar-refractivity contribution in [1.82, 2.24) is 0 Å². The Morgan fingerprint density at radius 2 is 1.47 bits per heavy atom. The maximum absolute atomic E-state index is 12.0. The van der Waals surface area contributed by atoms with Crippen LogP contribution in [0.15, 0.2) is 0 Å². The predicted octanol–water partition coefficient (Wildman–Crippen LogP) is -0.128. The summed E-state index contributed by atoms with van der Waals surface area (Å²) in [5.74, 6) is -5.43. The third-order valence-electron chi connectivity index (χ3n) is 1.56. The van der Waals surface area contributed by atoms with Crippen molar-refractivity contribution in [3.63, 3.8) is 0 Å². The van der Waals surface area contributed by atoms with E-state index in [0.717, 1.165) is 14.2 Å². The number of carbonyl (C=O) groups is 2. The third kappa shape index (κ3) is 3.39. The molecule has 0 radical (unpaired) electrons. The number of aliphatic hydroxyl groups is 1. The Hall–Kier alpha value is -1.31. The molecule has 0 aromatic rings. The average Bonchev–Trinajstić information content (AvgIpc) is 2.15. The number of halogens is 3. The lowest BCUT2D eigenvalue weighted by molar-refractivity contribution is -0.226. The van der Waals surface area contributed by atoms with Crippen LogP contribution in [0.25, 0.3) is 0 Å². The number of carbonyl (C=O) groups excluding carboxylic acids is 2. The Kier molecular flexibility index (Phi) is 4.53. The first-order valence-corrected chi connectivity index (χ1v) is 3.66. The summed E-state index contributed by atoms with van der Waals surface area (Å²) in [6.07, 6.45) is -8.25. The normalized spacial score (nSPS) is 13.5. The molecular weight excluding hydrogens is 221 g/mol. The fourth-order valence-electron chi connectivity index (χ4n) is 0.797. The van der Waals surface area contributed by atoms with Crippen LogP contribution in [0, 0.1) is 5.92 Å². The molecule has 88 valence electrons. The summed E-state index contributed by atoms with van der Waals surface area (Å²) in [5.41, 5.74) is 0. The van der Waals surface area contributed by atoms with Gasteiger partial charge in [0, 0.05) is 0 Å². The Labute approximate surface area is 82.8 Å². The van der Waals surface area contributed by atoms with Crippen molar-refractivity contribution < 1.29 is 37.3 Å². The lowest BCUT2D eigenvalue weighted by Gasteiger charge is -2.20. The molecule has 0 aliphatic heterocycles. The molecule has 0 saturated carbocycles. The molecule has 0 aliphatic carbocycles. The molecule has 0 bridgehead atoms. The largest absolute Gasteiger partial charge is 0.468 e. The maximum Gasteiger partial charge on any atom is 0.415 e. The topological polar surface area (TPSA) is 72.8 Å². The van der Waals surface area contributed by atoms with Crippen LogP contribution < -0.4 is 0 Å². The van der Waals surface area contributed by atoms with E-state index < -0.39 is 30.1 Å². The third-order valence-corrected chi connectivity index (χ3v) is 1.56. The molecule has 0 heterocycles. The Balaban J connectivity index is 4.95. The minimum atomic E-state index is -5.10. The monoisotopic (exact) mass is 230 g/mol. The molecule has 5 nitrogen and oxygen atoms in total. The highest BCUT2D eigenvalue weighted by Gasteiger charge is 2.51. The van der Waals surface area contributed by atoms with Crippen LogP contribution in [0.3, 0.4) is 0 Å². The zero-order chi connectivity index (χ0) is 12.2. The fraction of sp³-hybridized carbons (Fsp3) is 0.714. The first-order chi connectivity index (χ1) is 6.75. The van der Waals surface area contributed by atoms with Crippen molar-refractivity contribution in [3.8, 4) is 0 Å². The van der Waals surface area contributed by atoms with Crippen molar-refractivity contribution in [1.29, 1.82) is 0 Å². The van der Waals surface area contributed by atoms with E-state index in [4.69, 9.17) is 5.11 Å². The quantitative estimate of drug-likeness (QED) is 0.540. The molecule has 0 fully saturated rings. The number of methoxy groups -OCH3 is 2. The lowest BCUT2D eigenvalue weighted by Crippen LogP contribution is -2.45. The van der Waals surface area contributed by atoms with Gasteiger partial charge in [-0.3, -0.25) is 9.59 Å². The number of esters is 2. The Morgan fingerprint density at radius 3 is 1.67 bits per heavy atom. The van der Waals surface area contributed by atoms with Crippen LogP contribution >= 0.6 is 0 Å². The van der Waals surface area contributed by atoms with Crippen LogP contribution in [0.5, 0.6) is 0 Å². The van der Waals surface area contributed by atoms with Gasteiger partial charge in [0.05, 0.1) is 14.2 Å². The standard InChI is InChI=1S/C7H9F3O5/c1-14-5(12)3(6(13)15-2)4(11)7(8,9)10/h3-4,11H,1-2H3. The molecule has 1 atom stereocenters. The van der Waals surface area contributed by atoms with E-state index in [1.165, 1.54) is 0 Å². The van der Waals surface area contributed by atoms with Gasteiger partial charge in [0.15, 0.2) is 12.0 Å². The van der Waals surface area contributed by atoms with Gasteiger partial charge in [-0.15, -0.1) is 0 Å². The second-order valence-electron chi connectivity index (χ2n) is 2.51. The molecule has 0 aromatic carbocycles. The average molecular weight is 230 g/mol. The van der Waals surface area contributed by atoms with Gasteiger partial charge in [0.25, 0.3) is 0 Å². The number of alkyl halides is 3.